The Morgan fingerprint density at radius 3 is 2.35 bits per heavy atom. The SMILES string of the molecule is Nc1cc(C(=O)NCC(F)(F)F)c(N2CCC(F)CC2)cc1N. The molecular formula is C14H18F4N4O. The lowest BCUT2D eigenvalue weighted by Gasteiger charge is -2.32. The number of nitrogen functional groups attached to an aromatic ring is 2. The van der Waals surface area contributed by atoms with Gasteiger partial charge in [0.2, 0.25) is 0 Å². The molecule has 1 aromatic carbocycles. The van der Waals surface area contributed by atoms with Crippen LogP contribution in [-0.4, -0.2) is 37.9 Å². The minimum absolute atomic E-state index is 0.00161. The van der Waals surface area contributed by atoms with Gasteiger partial charge in [-0.15, -0.1) is 0 Å². The molecule has 0 unspecified atom stereocenters. The van der Waals surface area contributed by atoms with Crippen molar-refractivity contribution in [3.05, 3.63) is 17.7 Å². The fourth-order valence-electron chi connectivity index (χ4n) is 2.43. The van der Waals surface area contributed by atoms with Crippen molar-refractivity contribution < 1.29 is 22.4 Å². The van der Waals surface area contributed by atoms with E-state index in [2.05, 4.69) is 0 Å². The van der Waals surface area contributed by atoms with E-state index < -0.39 is 24.8 Å². The van der Waals surface area contributed by atoms with Crippen molar-refractivity contribution in [3.63, 3.8) is 0 Å². The molecule has 0 aliphatic carbocycles. The van der Waals surface area contributed by atoms with Crippen LogP contribution in [0.2, 0.25) is 0 Å². The summed E-state index contributed by atoms with van der Waals surface area (Å²) in [5.74, 6) is -0.897. The number of carbonyl (C=O) groups excluding carboxylic acids is 1. The lowest BCUT2D eigenvalue weighted by atomic mass is 10.0. The number of halogens is 4. The van der Waals surface area contributed by atoms with E-state index in [9.17, 15) is 22.4 Å². The van der Waals surface area contributed by atoms with Crippen LogP contribution in [0.4, 0.5) is 34.6 Å². The number of piperidine rings is 1. The molecule has 0 atom stereocenters. The van der Waals surface area contributed by atoms with Crippen molar-refractivity contribution in [2.75, 3.05) is 36.0 Å². The second-order valence-electron chi connectivity index (χ2n) is 5.46. The first-order valence-corrected chi connectivity index (χ1v) is 7.10. The molecule has 1 saturated heterocycles. The number of carbonyl (C=O) groups is 1. The van der Waals surface area contributed by atoms with Gasteiger partial charge in [0.15, 0.2) is 0 Å². The zero-order valence-electron chi connectivity index (χ0n) is 12.3. The Bertz CT molecular complexity index is 583. The van der Waals surface area contributed by atoms with Crippen LogP contribution >= 0.6 is 0 Å². The van der Waals surface area contributed by atoms with E-state index in [-0.39, 0.29) is 29.8 Å². The van der Waals surface area contributed by atoms with Crippen LogP contribution in [0.3, 0.4) is 0 Å². The normalized spacial score (nSPS) is 16.4. The summed E-state index contributed by atoms with van der Waals surface area (Å²) in [6.45, 7) is -0.740. The molecule has 0 bridgehead atoms. The average molecular weight is 334 g/mol. The molecule has 23 heavy (non-hydrogen) atoms. The molecule has 1 fully saturated rings. The molecule has 9 heteroatoms. The smallest absolute Gasteiger partial charge is 0.397 e. The average Bonchev–Trinajstić information content (AvgIpc) is 2.47. The van der Waals surface area contributed by atoms with Gasteiger partial charge in [-0.1, -0.05) is 0 Å². The van der Waals surface area contributed by atoms with Crippen LogP contribution in [0, 0.1) is 0 Å². The van der Waals surface area contributed by atoms with Crippen molar-refractivity contribution in [2.24, 2.45) is 0 Å². The molecule has 2 rings (SSSR count). The molecule has 1 aromatic rings. The number of anilines is 3. The van der Waals surface area contributed by atoms with Gasteiger partial charge in [-0.2, -0.15) is 13.2 Å². The summed E-state index contributed by atoms with van der Waals surface area (Å²) in [4.78, 5) is 13.8. The van der Waals surface area contributed by atoms with Crippen LogP contribution in [-0.2, 0) is 0 Å². The molecule has 0 saturated carbocycles. The zero-order chi connectivity index (χ0) is 17.2. The monoisotopic (exact) mass is 334 g/mol. The molecule has 5 N–H and O–H groups in total. The van der Waals surface area contributed by atoms with Crippen LogP contribution in [0.25, 0.3) is 0 Å². The number of hydrogen-bond acceptors (Lipinski definition) is 4. The van der Waals surface area contributed by atoms with E-state index in [1.54, 1.807) is 4.90 Å². The Kier molecular flexibility index (Phi) is 4.86. The Morgan fingerprint density at radius 1 is 1.22 bits per heavy atom. The third-order valence-corrected chi connectivity index (χ3v) is 3.66. The number of nitrogens with zero attached hydrogens (tertiary/aromatic N) is 1. The van der Waals surface area contributed by atoms with Gasteiger partial charge in [-0.3, -0.25) is 4.79 Å². The quantitative estimate of drug-likeness (QED) is 0.584. The van der Waals surface area contributed by atoms with Gasteiger partial charge in [0.25, 0.3) is 5.91 Å². The lowest BCUT2D eigenvalue weighted by Crippen LogP contribution is -2.38. The molecule has 128 valence electrons. The highest BCUT2D eigenvalue weighted by Gasteiger charge is 2.29. The number of nitrogens with two attached hydrogens (primary N) is 2. The summed E-state index contributed by atoms with van der Waals surface area (Å²) in [6.07, 6.45) is -4.86. The maximum atomic E-state index is 13.3. The topological polar surface area (TPSA) is 84.4 Å². The van der Waals surface area contributed by atoms with Gasteiger partial charge in [0, 0.05) is 13.1 Å². The predicted molar refractivity (Wildman–Crippen MR) is 80.0 cm³/mol. The highest BCUT2D eigenvalue weighted by Crippen LogP contribution is 2.31. The number of nitrogens with one attached hydrogen (secondary N) is 1. The Morgan fingerprint density at radius 2 is 1.78 bits per heavy atom. The van der Waals surface area contributed by atoms with Crippen molar-refractivity contribution in [2.45, 2.75) is 25.2 Å². The van der Waals surface area contributed by atoms with E-state index in [1.165, 1.54) is 12.1 Å². The van der Waals surface area contributed by atoms with E-state index in [0.717, 1.165) is 0 Å². The van der Waals surface area contributed by atoms with Crippen LogP contribution < -0.4 is 21.7 Å². The molecule has 1 heterocycles. The van der Waals surface area contributed by atoms with Crippen molar-refractivity contribution in [1.82, 2.24) is 5.32 Å². The van der Waals surface area contributed by atoms with Crippen molar-refractivity contribution >= 4 is 23.0 Å². The number of amides is 1. The maximum absolute atomic E-state index is 13.3. The first-order chi connectivity index (χ1) is 10.7. The summed E-state index contributed by atoms with van der Waals surface area (Å²) < 4.78 is 50.0. The highest BCUT2D eigenvalue weighted by molar-refractivity contribution is 6.02. The van der Waals surface area contributed by atoms with Gasteiger partial charge in [0.1, 0.15) is 12.7 Å². The molecule has 0 radical (unpaired) electrons. The van der Waals surface area contributed by atoms with Crippen LogP contribution in [0.5, 0.6) is 0 Å². The van der Waals surface area contributed by atoms with Gasteiger partial charge in [0.05, 0.1) is 22.6 Å². The van der Waals surface area contributed by atoms with Gasteiger partial charge < -0.3 is 21.7 Å². The standard InChI is InChI=1S/C14H18F4N4O/c15-8-1-3-22(4-2-8)12-6-11(20)10(19)5-9(12)13(23)21-7-14(16,17)18/h5-6,8H,1-4,7,19-20H2,(H,21,23). The lowest BCUT2D eigenvalue weighted by molar-refractivity contribution is -0.123. The van der Waals surface area contributed by atoms with Gasteiger partial charge in [-0.05, 0) is 25.0 Å². The third kappa shape index (κ3) is 4.40. The van der Waals surface area contributed by atoms with E-state index in [4.69, 9.17) is 11.5 Å². The number of alkyl halides is 4. The Balaban J connectivity index is 2.26. The molecule has 1 aliphatic heterocycles. The van der Waals surface area contributed by atoms with E-state index in [0.29, 0.717) is 18.8 Å². The number of hydrogen-bond donors (Lipinski definition) is 3. The summed E-state index contributed by atoms with van der Waals surface area (Å²) in [5, 5.41) is 1.81. The summed E-state index contributed by atoms with van der Waals surface area (Å²) in [5.41, 5.74) is 12.1. The zero-order valence-corrected chi connectivity index (χ0v) is 12.3. The Labute approximate surface area is 130 Å². The molecule has 5 nitrogen and oxygen atoms in total. The van der Waals surface area contributed by atoms with Gasteiger partial charge in [-0.25, -0.2) is 4.39 Å². The predicted octanol–water partition coefficient (Wildman–Crippen LogP) is 2.08. The van der Waals surface area contributed by atoms with Crippen molar-refractivity contribution in [1.29, 1.82) is 0 Å². The first kappa shape index (κ1) is 17.2. The van der Waals surface area contributed by atoms with Crippen LogP contribution in [0.1, 0.15) is 23.2 Å². The minimum atomic E-state index is -4.51. The second kappa shape index (κ2) is 6.51. The molecular weight excluding hydrogens is 316 g/mol. The van der Waals surface area contributed by atoms with Crippen LogP contribution in [0.15, 0.2) is 12.1 Å². The van der Waals surface area contributed by atoms with Crippen molar-refractivity contribution in [3.8, 4) is 0 Å². The molecule has 1 aliphatic rings. The summed E-state index contributed by atoms with van der Waals surface area (Å²) in [6, 6.07) is 2.69. The highest BCUT2D eigenvalue weighted by atomic mass is 19.4. The third-order valence-electron chi connectivity index (χ3n) is 3.66. The largest absolute Gasteiger partial charge is 0.405 e. The molecule has 0 spiro atoms. The molecule has 1 amide bonds. The summed E-state index contributed by atoms with van der Waals surface area (Å²) in [7, 11) is 0. The fourth-order valence-corrected chi connectivity index (χ4v) is 2.43. The van der Waals surface area contributed by atoms with E-state index in [1.807, 2.05) is 5.32 Å². The summed E-state index contributed by atoms with van der Waals surface area (Å²) >= 11 is 0. The fraction of sp³-hybridized carbons (Fsp3) is 0.500. The maximum Gasteiger partial charge on any atom is 0.405 e. The number of rotatable bonds is 3. The number of benzene rings is 1. The molecule has 0 aromatic heterocycles. The minimum Gasteiger partial charge on any atom is -0.397 e. The second-order valence-corrected chi connectivity index (χ2v) is 5.46. The van der Waals surface area contributed by atoms with E-state index >= 15 is 0 Å². The van der Waals surface area contributed by atoms with Gasteiger partial charge >= 0.3 is 6.18 Å². The first-order valence-electron chi connectivity index (χ1n) is 7.10. The Hall–Kier alpha value is -2.19.